The molecule has 6 nitrogen and oxygen atoms in total. The lowest BCUT2D eigenvalue weighted by Gasteiger charge is -2.30. The Morgan fingerprint density at radius 1 is 0.466 bits per heavy atom. The average molecular weight is 868 g/mol. The van der Waals surface area contributed by atoms with Gasteiger partial charge in [-0.05, 0) is 122 Å². The number of hydrogen-bond donors (Lipinski definition) is 0. The summed E-state index contributed by atoms with van der Waals surface area (Å²) in [6.07, 6.45) is -2.45. The molecular formula is C44H34Cl2F4O6P2. The van der Waals surface area contributed by atoms with Crippen LogP contribution in [0.5, 0.6) is 11.5 Å². The number of methoxy groups -OCH3 is 2. The summed E-state index contributed by atoms with van der Waals surface area (Å²) < 4.78 is 80.9. The minimum atomic E-state index is -1.76. The van der Waals surface area contributed by atoms with Crippen molar-refractivity contribution in [2.24, 2.45) is 0 Å². The van der Waals surface area contributed by atoms with E-state index in [2.05, 4.69) is 0 Å². The van der Waals surface area contributed by atoms with E-state index < -0.39 is 63.3 Å². The molecule has 0 spiro atoms. The van der Waals surface area contributed by atoms with Crippen LogP contribution in [-0.2, 0) is 19.1 Å². The van der Waals surface area contributed by atoms with Crippen molar-refractivity contribution in [1.82, 2.24) is 0 Å². The van der Waals surface area contributed by atoms with Crippen LogP contribution in [0, 0.1) is 23.3 Å². The first-order valence-corrected chi connectivity index (χ1v) is 21.0. The van der Waals surface area contributed by atoms with E-state index in [1.807, 2.05) is 0 Å². The van der Waals surface area contributed by atoms with Crippen LogP contribution in [0.15, 0.2) is 121 Å². The SMILES string of the molecule is COC(=O)C(C)Oc1c(Cl)ccc(P(c2ccc(F)cc2)c2ccc(F)cc2)c1-c1c(P(c2ccc(F)cc2)c2ccc(F)cc2)ccc(Cl)c1O[C@@H](C)C(=O)OC. The maximum absolute atomic E-state index is 14.5. The number of rotatable bonds is 13. The number of halogens is 6. The molecule has 0 aliphatic heterocycles. The molecule has 0 saturated heterocycles. The van der Waals surface area contributed by atoms with E-state index in [1.165, 1.54) is 76.6 Å². The second-order valence-corrected chi connectivity index (χ2v) is 17.9. The summed E-state index contributed by atoms with van der Waals surface area (Å²) in [6, 6.07) is 30.0. The van der Waals surface area contributed by atoms with Gasteiger partial charge in [0.05, 0.1) is 24.3 Å². The predicted octanol–water partition coefficient (Wildman–Crippen LogP) is 8.61. The van der Waals surface area contributed by atoms with Crippen LogP contribution in [0.25, 0.3) is 11.1 Å². The van der Waals surface area contributed by atoms with E-state index in [0.29, 0.717) is 31.8 Å². The Kier molecular flexibility index (Phi) is 13.8. The summed E-state index contributed by atoms with van der Waals surface area (Å²) in [4.78, 5) is 25.9. The number of esters is 2. The van der Waals surface area contributed by atoms with Crippen LogP contribution >= 0.6 is 39.0 Å². The number of ether oxygens (including phenoxy) is 4. The lowest BCUT2D eigenvalue weighted by atomic mass is 10.0. The van der Waals surface area contributed by atoms with E-state index in [9.17, 15) is 27.2 Å². The summed E-state index contributed by atoms with van der Waals surface area (Å²) >= 11 is 14.1. The Morgan fingerprint density at radius 2 is 0.724 bits per heavy atom. The van der Waals surface area contributed by atoms with Crippen LogP contribution < -0.4 is 41.3 Å². The van der Waals surface area contributed by atoms with Crippen LogP contribution in [0.4, 0.5) is 17.6 Å². The molecule has 0 aromatic heterocycles. The van der Waals surface area contributed by atoms with Gasteiger partial charge in [0.15, 0.2) is 12.2 Å². The third-order valence-corrected chi connectivity index (χ3v) is 14.5. The van der Waals surface area contributed by atoms with Gasteiger partial charge in [0.25, 0.3) is 0 Å². The molecule has 6 aromatic carbocycles. The Bertz CT molecular complexity index is 2160. The van der Waals surface area contributed by atoms with Gasteiger partial charge < -0.3 is 18.9 Å². The van der Waals surface area contributed by atoms with Crippen molar-refractivity contribution >= 4 is 82.8 Å². The van der Waals surface area contributed by atoms with E-state index >= 15 is 0 Å². The van der Waals surface area contributed by atoms with Gasteiger partial charge >= 0.3 is 11.9 Å². The van der Waals surface area contributed by atoms with Gasteiger partial charge in [0.1, 0.15) is 34.8 Å². The van der Waals surface area contributed by atoms with Gasteiger partial charge in [-0.2, -0.15) is 0 Å². The maximum atomic E-state index is 14.5. The van der Waals surface area contributed by atoms with Crippen molar-refractivity contribution < 1.29 is 46.1 Å². The Balaban J connectivity index is 1.82. The molecule has 0 N–H and O–H groups in total. The van der Waals surface area contributed by atoms with Crippen molar-refractivity contribution in [3.63, 3.8) is 0 Å². The average Bonchev–Trinajstić information content (AvgIpc) is 3.22. The normalized spacial score (nSPS) is 12.3. The summed E-state index contributed by atoms with van der Waals surface area (Å²) in [5.74, 6) is -3.43. The molecule has 14 heteroatoms. The second-order valence-electron chi connectivity index (χ2n) is 12.7. The minimum Gasteiger partial charge on any atom is -0.477 e. The summed E-state index contributed by atoms with van der Waals surface area (Å²) in [5, 5.41) is 3.65. The molecule has 0 heterocycles. The highest BCUT2D eigenvalue weighted by Gasteiger charge is 2.34. The number of hydrogen-bond acceptors (Lipinski definition) is 6. The fourth-order valence-electron chi connectivity index (χ4n) is 6.18. The quantitative estimate of drug-likeness (QED) is 0.0659. The smallest absolute Gasteiger partial charge is 0.346 e. The maximum Gasteiger partial charge on any atom is 0.346 e. The highest BCUT2D eigenvalue weighted by Crippen LogP contribution is 2.51. The molecule has 6 aromatic rings. The number of carbonyl (C=O) groups excluding carboxylic acids is 2. The molecule has 0 radical (unpaired) electrons. The van der Waals surface area contributed by atoms with Crippen molar-refractivity contribution in [1.29, 1.82) is 0 Å². The van der Waals surface area contributed by atoms with Crippen LogP contribution in [0.1, 0.15) is 13.8 Å². The molecule has 0 saturated carbocycles. The Morgan fingerprint density at radius 3 is 0.966 bits per heavy atom. The molecule has 0 aliphatic rings. The van der Waals surface area contributed by atoms with Crippen molar-refractivity contribution in [2.75, 3.05) is 14.2 Å². The molecule has 6 rings (SSSR count). The number of benzene rings is 6. The second kappa shape index (κ2) is 18.7. The van der Waals surface area contributed by atoms with E-state index in [0.717, 1.165) is 0 Å². The first-order chi connectivity index (χ1) is 27.8. The van der Waals surface area contributed by atoms with Crippen LogP contribution in [0.3, 0.4) is 0 Å². The van der Waals surface area contributed by atoms with E-state index in [1.54, 1.807) is 72.8 Å². The highest BCUT2D eigenvalue weighted by atomic mass is 35.5. The molecule has 0 amide bonds. The highest BCUT2D eigenvalue weighted by molar-refractivity contribution is 7.80. The fourth-order valence-corrected chi connectivity index (χ4v) is 11.4. The molecule has 2 atom stereocenters. The van der Waals surface area contributed by atoms with Crippen molar-refractivity contribution in [3.8, 4) is 22.6 Å². The molecule has 58 heavy (non-hydrogen) atoms. The topological polar surface area (TPSA) is 71.1 Å². The van der Waals surface area contributed by atoms with Gasteiger partial charge in [-0.1, -0.05) is 83.9 Å². The molecule has 0 aliphatic carbocycles. The van der Waals surface area contributed by atoms with Gasteiger partial charge in [0, 0.05) is 11.1 Å². The number of carbonyl (C=O) groups is 2. The monoisotopic (exact) mass is 866 g/mol. The van der Waals surface area contributed by atoms with Crippen molar-refractivity contribution in [3.05, 3.63) is 155 Å². The van der Waals surface area contributed by atoms with E-state index in [-0.39, 0.29) is 32.7 Å². The lowest BCUT2D eigenvalue weighted by Crippen LogP contribution is -2.30. The molecule has 0 bridgehead atoms. The zero-order valence-electron chi connectivity index (χ0n) is 31.3. The first kappa shape index (κ1) is 42.6. The first-order valence-electron chi connectivity index (χ1n) is 17.6. The standard InChI is InChI=1S/C44H34Cl2F4O6P2/c1-25(43(51)53-3)55-41-35(45)21-23-37(57(31-13-5-27(47)6-14-31)32-15-7-28(48)8-16-32)39(41)40-38(24-22-36(46)42(40)56-26(2)44(52)54-4)58(33-17-9-29(49)10-18-33)34-19-11-30(50)12-20-34/h5-26H,1-4H3/t25-,26?/m0/s1. The van der Waals surface area contributed by atoms with Crippen LogP contribution in [0.2, 0.25) is 10.0 Å². The minimum absolute atomic E-state index is 0.0129. The molecular weight excluding hydrogens is 833 g/mol. The molecule has 298 valence electrons. The molecule has 1 unspecified atom stereocenters. The van der Waals surface area contributed by atoms with Crippen LogP contribution in [-0.4, -0.2) is 38.4 Å². The Labute approximate surface area is 345 Å². The zero-order valence-corrected chi connectivity index (χ0v) is 34.6. The third-order valence-electron chi connectivity index (χ3n) is 8.90. The predicted molar refractivity (Wildman–Crippen MR) is 223 cm³/mol. The molecule has 0 fully saturated rings. The van der Waals surface area contributed by atoms with Crippen molar-refractivity contribution in [2.45, 2.75) is 26.1 Å². The summed E-state index contributed by atoms with van der Waals surface area (Å²) in [5.41, 5.74) is 0.508. The summed E-state index contributed by atoms with van der Waals surface area (Å²) in [6.45, 7) is 2.95. The van der Waals surface area contributed by atoms with Gasteiger partial charge in [-0.15, -0.1) is 0 Å². The zero-order chi connectivity index (χ0) is 41.7. The lowest BCUT2D eigenvalue weighted by molar-refractivity contribution is -0.148. The Hall–Kier alpha value is -4.98. The third kappa shape index (κ3) is 9.32. The van der Waals surface area contributed by atoms with E-state index in [4.69, 9.17) is 42.1 Å². The largest absolute Gasteiger partial charge is 0.477 e. The van der Waals surface area contributed by atoms with Gasteiger partial charge in [-0.25, -0.2) is 27.2 Å². The van der Waals surface area contributed by atoms with Gasteiger partial charge in [-0.3, -0.25) is 0 Å². The summed E-state index contributed by atoms with van der Waals surface area (Å²) in [7, 11) is -1.12. The fraction of sp³-hybridized carbons (Fsp3) is 0.136. The van der Waals surface area contributed by atoms with Gasteiger partial charge in [0.2, 0.25) is 0 Å².